The Morgan fingerprint density at radius 1 is 1.45 bits per heavy atom. The zero-order valence-corrected chi connectivity index (χ0v) is 14.0. The van der Waals surface area contributed by atoms with Gasteiger partial charge in [-0.3, -0.25) is 0 Å². The maximum Gasteiger partial charge on any atom is 0.243 e. The summed E-state index contributed by atoms with van der Waals surface area (Å²) >= 11 is 5.91. The molecule has 1 fully saturated rings. The van der Waals surface area contributed by atoms with Gasteiger partial charge in [0.2, 0.25) is 10.0 Å². The summed E-state index contributed by atoms with van der Waals surface area (Å²) in [6.07, 6.45) is 0.902. The number of hydrogen-bond donors (Lipinski definition) is 1. The van der Waals surface area contributed by atoms with Crippen molar-refractivity contribution in [2.24, 2.45) is 5.92 Å². The number of rotatable bonds is 4. The lowest BCUT2D eigenvalue weighted by molar-refractivity contribution is 0.451. The summed E-state index contributed by atoms with van der Waals surface area (Å²) in [5.41, 5.74) is 0.737. The molecule has 1 aromatic carbocycles. The number of nitrogens with zero attached hydrogens (tertiary/aromatic N) is 1. The summed E-state index contributed by atoms with van der Waals surface area (Å²) in [7, 11) is -1.53. The van der Waals surface area contributed by atoms with Gasteiger partial charge in [-0.25, -0.2) is 8.42 Å². The SMILES string of the molecule is CNCC1CCN(S(=O)(=O)c2cc(Cl)ccc2C)C1.Cl. The van der Waals surface area contributed by atoms with Crippen molar-refractivity contribution in [3.63, 3.8) is 0 Å². The van der Waals surface area contributed by atoms with Crippen LogP contribution in [0.4, 0.5) is 0 Å². The van der Waals surface area contributed by atoms with E-state index in [2.05, 4.69) is 5.32 Å². The monoisotopic (exact) mass is 338 g/mol. The minimum atomic E-state index is -3.42. The highest BCUT2D eigenvalue weighted by Gasteiger charge is 2.33. The second kappa shape index (κ2) is 7.09. The molecule has 0 saturated carbocycles. The lowest BCUT2D eigenvalue weighted by Crippen LogP contribution is -2.30. The summed E-state index contributed by atoms with van der Waals surface area (Å²) in [5, 5.41) is 3.55. The zero-order valence-electron chi connectivity index (χ0n) is 11.6. The standard InChI is InChI=1S/C13H19ClN2O2S.ClH/c1-10-3-4-12(14)7-13(10)19(17,18)16-6-5-11(9-16)8-15-2;/h3-4,7,11,15H,5-6,8-9H2,1-2H3;1H. The molecule has 1 heterocycles. The maximum atomic E-state index is 12.6. The van der Waals surface area contributed by atoms with Crippen LogP contribution in [-0.2, 0) is 10.0 Å². The van der Waals surface area contributed by atoms with E-state index in [0.29, 0.717) is 28.9 Å². The number of halogens is 2. The van der Waals surface area contributed by atoms with Gasteiger partial charge in [-0.1, -0.05) is 17.7 Å². The first-order valence-corrected chi connectivity index (χ1v) is 8.18. The van der Waals surface area contributed by atoms with Gasteiger partial charge < -0.3 is 5.32 Å². The van der Waals surface area contributed by atoms with Crippen LogP contribution < -0.4 is 5.32 Å². The van der Waals surface area contributed by atoms with Gasteiger partial charge in [0, 0.05) is 18.1 Å². The summed E-state index contributed by atoms with van der Waals surface area (Å²) in [5.74, 6) is 0.388. The van der Waals surface area contributed by atoms with E-state index in [9.17, 15) is 8.42 Å². The van der Waals surface area contributed by atoms with Gasteiger partial charge in [-0.15, -0.1) is 12.4 Å². The molecule has 4 nitrogen and oxygen atoms in total. The van der Waals surface area contributed by atoms with Crippen molar-refractivity contribution < 1.29 is 8.42 Å². The first-order valence-electron chi connectivity index (χ1n) is 6.36. The molecule has 1 unspecified atom stereocenters. The Bertz CT molecular complexity index is 563. The largest absolute Gasteiger partial charge is 0.319 e. The molecule has 0 aliphatic carbocycles. The number of benzene rings is 1. The summed E-state index contributed by atoms with van der Waals surface area (Å²) in [6, 6.07) is 5.00. The molecule has 114 valence electrons. The van der Waals surface area contributed by atoms with Crippen molar-refractivity contribution in [2.75, 3.05) is 26.7 Å². The molecule has 7 heteroatoms. The van der Waals surface area contributed by atoms with E-state index < -0.39 is 10.0 Å². The normalized spacial score (nSPS) is 19.9. The second-order valence-corrected chi connectivity index (χ2v) is 7.33. The predicted octanol–water partition coefficient (Wildman–Crippen LogP) is 2.30. The molecule has 0 aromatic heterocycles. The number of sulfonamides is 1. The fourth-order valence-electron chi connectivity index (χ4n) is 2.46. The van der Waals surface area contributed by atoms with Gasteiger partial charge in [0.1, 0.15) is 0 Å². The minimum Gasteiger partial charge on any atom is -0.319 e. The van der Waals surface area contributed by atoms with Crippen LogP contribution in [-0.4, -0.2) is 39.4 Å². The Morgan fingerprint density at radius 2 is 2.15 bits per heavy atom. The number of nitrogens with one attached hydrogen (secondary N) is 1. The van der Waals surface area contributed by atoms with Gasteiger partial charge in [0.05, 0.1) is 4.90 Å². The number of hydrogen-bond acceptors (Lipinski definition) is 3. The van der Waals surface area contributed by atoms with Crippen molar-refractivity contribution in [3.05, 3.63) is 28.8 Å². The maximum absolute atomic E-state index is 12.6. The molecule has 1 N–H and O–H groups in total. The van der Waals surface area contributed by atoms with E-state index in [-0.39, 0.29) is 12.4 Å². The minimum absolute atomic E-state index is 0. The van der Waals surface area contributed by atoms with E-state index in [1.54, 1.807) is 23.4 Å². The van der Waals surface area contributed by atoms with Gasteiger partial charge in [0.15, 0.2) is 0 Å². The molecule has 0 radical (unpaired) electrons. The molecule has 20 heavy (non-hydrogen) atoms. The molecule has 1 atom stereocenters. The molecular formula is C13H20Cl2N2O2S. The third-order valence-electron chi connectivity index (χ3n) is 3.51. The van der Waals surface area contributed by atoms with Crippen molar-refractivity contribution >= 4 is 34.0 Å². The lowest BCUT2D eigenvalue weighted by Gasteiger charge is -2.18. The van der Waals surface area contributed by atoms with Crippen LogP contribution in [0.2, 0.25) is 5.02 Å². The first-order chi connectivity index (χ1) is 8.95. The Morgan fingerprint density at radius 3 is 2.80 bits per heavy atom. The summed E-state index contributed by atoms with van der Waals surface area (Å²) in [4.78, 5) is 0.324. The lowest BCUT2D eigenvalue weighted by atomic mass is 10.1. The van der Waals surface area contributed by atoms with Gasteiger partial charge in [-0.2, -0.15) is 4.31 Å². The fraction of sp³-hybridized carbons (Fsp3) is 0.538. The highest BCUT2D eigenvalue weighted by molar-refractivity contribution is 7.89. The second-order valence-electron chi connectivity index (χ2n) is 4.99. The predicted molar refractivity (Wildman–Crippen MR) is 84.2 cm³/mol. The van der Waals surface area contributed by atoms with Gasteiger partial charge >= 0.3 is 0 Å². The van der Waals surface area contributed by atoms with Crippen LogP contribution in [0, 0.1) is 12.8 Å². The van der Waals surface area contributed by atoms with Crippen LogP contribution in [0.5, 0.6) is 0 Å². The Balaban J connectivity index is 0.00000200. The Labute approximate surface area is 132 Å². The first kappa shape index (κ1) is 17.7. The third kappa shape index (κ3) is 3.65. The van der Waals surface area contributed by atoms with Crippen LogP contribution >= 0.6 is 24.0 Å². The summed E-state index contributed by atoms with van der Waals surface area (Å²) in [6.45, 7) is 3.81. The fourth-order valence-corrected chi connectivity index (χ4v) is 4.48. The molecular weight excluding hydrogens is 319 g/mol. The van der Waals surface area contributed by atoms with Crippen LogP contribution in [0.15, 0.2) is 23.1 Å². The van der Waals surface area contributed by atoms with E-state index in [0.717, 1.165) is 18.5 Å². The molecule has 0 bridgehead atoms. The average Bonchev–Trinajstić information content (AvgIpc) is 2.82. The van der Waals surface area contributed by atoms with Crippen molar-refractivity contribution in [2.45, 2.75) is 18.2 Å². The Kier molecular flexibility index (Phi) is 6.28. The molecule has 1 aromatic rings. The molecule has 1 aliphatic rings. The average molecular weight is 339 g/mol. The van der Waals surface area contributed by atoms with E-state index in [1.165, 1.54) is 6.07 Å². The van der Waals surface area contributed by atoms with Crippen LogP contribution in [0.25, 0.3) is 0 Å². The smallest absolute Gasteiger partial charge is 0.243 e. The molecule has 2 rings (SSSR count). The molecule has 1 aliphatic heterocycles. The number of aryl methyl sites for hydroxylation is 1. The van der Waals surface area contributed by atoms with E-state index in [1.807, 2.05) is 7.05 Å². The molecule has 1 saturated heterocycles. The van der Waals surface area contributed by atoms with Crippen molar-refractivity contribution in [1.82, 2.24) is 9.62 Å². The van der Waals surface area contributed by atoms with Gasteiger partial charge in [-0.05, 0) is 50.6 Å². The molecule has 0 spiro atoms. The topological polar surface area (TPSA) is 49.4 Å². The van der Waals surface area contributed by atoms with Crippen molar-refractivity contribution in [3.8, 4) is 0 Å². The highest BCUT2D eigenvalue weighted by Crippen LogP contribution is 2.27. The Hall–Kier alpha value is -0.330. The molecule has 0 amide bonds. The van der Waals surface area contributed by atoms with Crippen LogP contribution in [0.1, 0.15) is 12.0 Å². The van der Waals surface area contributed by atoms with Gasteiger partial charge in [0.25, 0.3) is 0 Å². The quantitative estimate of drug-likeness (QED) is 0.916. The van der Waals surface area contributed by atoms with Crippen LogP contribution in [0.3, 0.4) is 0 Å². The van der Waals surface area contributed by atoms with E-state index >= 15 is 0 Å². The highest BCUT2D eigenvalue weighted by atomic mass is 35.5. The van der Waals surface area contributed by atoms with E-state index in [4.69, 9.17) is 11.6 Å². The third-order valence-corrected chi connectivity index (χ3v) is 5.75. The summed E-state index contributed by atoms with van der Waals surface area (Å²) < 4.78 is 26.8. The zero-order chi connectivity index (χ0) is 14.0. The van der Waals surface area contributed by atoms with Crippen molar-refractivity contribution in [1.29, 1.82) is 0 Å².